The minimum atomic E-state index is -0.847. The highest BCUT2D eigenvalue weighted by molar-refractivity contribution is 7.85. The van der Waals surface area contributed by atoms with Gasteiger partial charge >= 0.3 is 0 Å². The Hall–Kier alpha value is -1.07. The second kappa shape index (κ2) is 6.79. The van der Waals surface area contributed by atoms with Gasteiger partial charge in [-0.05, 0) is 44.5 Å². The molecule has 1 aromatic carbocycles. The van der Waals surface area contributed by atoms with E-state index in [1.54, 1.807) is 17.0 Å². The summed E-state index contributed by atoms with van der Waals surface area (Å²) in [5, 5.41) is 0.676. The van der Waals surface area contributed by atoms with Crippen molar-refractivity contribution in [3.63, 3.8) is 0 Å². The normalized spacial score (nSPS) is 25.7. The average molecular weight is 330 g/mol. The molecule has 0 aliphatic carbocycles. The van der Waals surface area contributed by atoms with Crippen molar-refractivity contribution in [2.45, 2.75) is 32.1 Å². The van der Waals surface area contributed by atoms with E-state index in [4.69, 9.17) is 16.3 Å². The van der Waals surface area contributed by atoms with Crippen molar-refractivity contribution in [3.8, 4) is 5.75 Å². The van der Waals surface area contributed by atoms with Gasteiger partial charge in [0.25, 0.3) is 5.91 Å². The SMILES string of the molecule is Cc1cc(OCC(=O)N2CC[S@@](=O)[C@@H](C)[C@H]2C)ccc1Cl. The Kier molecular flexibility index (Phi) is 5.27. The minimum Gasteiger partial charge on any atom is -0.484 e. The molecule has 0 spiro atoms. The van der Waals surface area contributed by atoms with E-state index in [2.05, 4.69) is 0 Å². The Morgan fingerprint density at radius 1 is 1.48 bits per heavy atom. The largest absolute Gasteiger partial charge is 0.484 e. The van der Waals surface area contributed by atoms with Crippen molar-refractivity contribution in [1.29, 1.82) is 0 Å². The summed E-state index contributed by atoms with van der Waals surface area (Å²) < 4.78 is 17.3. The maximum atomic E-state index is 12.3. The Morgan fingerprint density at radius 2 is 2.19 bits per heavy atom. The Labute approximate surface area is 132 Å². The molecule has 1 saturated heterocycles. The van der Waals surface area contributed by atoms with E-state index in [1.807, 2.05) is 26.8 Å². The standard InChI is InChI=1S/C15H20ClNO3S/c1-10-8-13(4-5-14(10)16)20-9-15(18)17-6-7-21(19)12(3)11(17)2/h4-5,8,11-12H,6-7,9H2,1-3H3/t11-,12+,21-/m1/s1. The molecule has 0 N–H and O–H groups in total. The van der Waals surface area contributed by atoms with Crippen LogP contribution < -0.4 is 4.74 Å². The van der Waals surface area contributed by atoms with Gasteiger partial charge in [0.2, 0.25) is 0 Å². The van der Waals surface area contributed by atoms with Gasteiger partial charge in [-0.2, -0.15) is 0 Å². The van der Waals surface area contributed by atoms with Crippen molar-refractivity contribution in [2.24, 2.45) is 0 Å². The van der Waals surface area contributed by atoms with E-state index < -0.39 is 10.8 Å². The van der Waals surface area contributed by atoms with Crippen molar-refractivity contribution < 1.29 is 13.7 Å². The number of hydrogen-bond donors (Lipinski definition) is 0. The minimum absolute atomic E-state index is 0.000441. The van der Waals surface area contributed by atoms with Crippen LogP contribution in [0.1, 0.15) is 19.4 Å². The number of nitrogens with zero attached hydrogens (tertiary/aromatic N) is 1. The highest BCUT2D eigenvalue weighted by atomic mass is 35.5. The fourth-order valence-electron chi connectivity index (χ4n) is 2.34. The lowest BCUT2D eigenvalue weighted by Gasteiger charge is -2.37. The first-order valence-electron chi connectivity index (χ1n) is 6.95. The zero-order valence-corrected chi connectivity index (χ0v) is 14.0. The van der Waals surface area contributed by atoms with Gasteiger partial charge in [-0.3, -0.25) is 9.00 Å². The van der Waals surface area contributed by atoms with E-state index >= 15 is 0 Å². The summed E-state index contributed by atoms with van der Waals surface area (Å²) in [7, 11) is -0.847. The monoisotopic (exact) mass is 329 g/mol. The first-order chi connectivity index (χ1) is 9.90. The molecule has 0 aromatic heterocycles. The van der Waals surface area contributed by atoms with Crippen molar-refractivity contribution >= 4 is 28.3 Å². The van der Waals surface area contributed by atoms with E-state index in [-0.39, 0.29) is 23.8 Å². The zero-order chi connectivity index (χ0) is 15.6. The molecule has 0 bridgehead atoms. The van der Waals surface area contributed by atoms with Gasteiger partial charge in [-0.1, -0.05) is 11.6 Å². The number of aryl methyl sites for hydroxylation is 1. The highest BCUT2D eigenvalue weighted by Gasteiger charge is 2.32. The van der Waals surface area contributed by atoms with Crippen molar-refractivity contribution in [1.82, 2.24) is 4.90 Å². The summed E-state index contributed by atoms with van der Waals surface area (Å²) in [4.78, 5) is 14.0. The van der Waals surface area contributed by atoms with Crippen molar-refractivity contribution in [3.05, 3.63) is 28.8 Å². The maximum absolute atomic E-state index is 12.3. The molecule has 1 aliphatic rings. The third kappa shape index (κ3) is 3.77. The van der Waals surface area contributed by atoms with E-state index in [1.165, 1.54) is 0 Å². The lowest BCUT2D eigenvalue weighted by Crippen LogP contribution is -2.53. The molecule has 1 fully saturated rings. The molecule has 4 nitrogen and oxygen atoms in total. The molecule has 0 radical (unpaired) electrons. The molecule has 0 unspecified atom stereocenters. The number of benzene rings is 1. The van der Waals surface area contributed by atoms with Crippen LogP contribution in [0.25, 0.3) is 0 Å². The predicted octanol–water partition coefficient (Wildman–Crippen LogP) is 2.40. The molecule has 0 saturated carbocycles. The zero-order valence-electron chi connectivity index (χ0n) is 12.5. The third-order valence-corrected chi connectivity index (χ3v) is 6.16. The van der Waals surface area contributed by atoms with Crippen LogP contribution in [0.5, 0.6) is 5.75 Å². The summed E-state index contributed by atoms with van der Waals surface area (Å²) in [6, 6.07) is 5.29. The number of halogens is 1. The second-order valence-corrected chi connectivity index (χ2v) is 7.64. The molecule has 116 valence electrons. The summed E-state index contributed by atoms with van der Waals surface area (Å²) in [6.45, 7) is 6.27. The highest BCUT2D eigenvalue weighted by Crippen LogP contribution is 2.21. The van der Waals surface area contributed by atoms with Crippen LogP contribution in [-0.4, -0.2) is 45.2 Å². The van der Waals surface area contributed by atoms with E-state index in [9.17, 15) is 9.00 Å². The van der Waals surface area contributed by atoms with Crippen LogP contribution in [0.4, 0.5) is 0 Å². The molecule has 2 rings (SSSR count). The summed E-state index contributed by atoms with van der Waals surface area (Å²) in [6.07, 6.45) is 0. The number of carbonyl (C=O) groups excluding carboxylic acids is 1. The lowest BCUT2D eigenvalue weighted by molar-refractivity contribution is -0.135. The Morgan fingerprint density at radius 3 is 2.86 bits per heavy atom. The maximum Gasteiger partial charge on any atom is 0.260 e. The number of amides is 1. The van der Waals surface area contributed by atoms with Crippen LogP contribution in [0, 0.1) is 6.92 Å². The van der Waals surface area contributed by atoms with E-state index in [0.717, 1.165) is 5.56 Å². The van der Waals surface area contributed by atoms with Crippen LogP contribution in [-0.2, 0) is 15.6 Å². The summed E-state index contributed by atoms with van der Waals surface area (Å²) in [5.41, 5.74) is 0.914. The fraction of sp³-hybridized carbons (Fsp3) is 0.533. The fourth-order valence-corrected chi connectivity index (χ4v) is 3.79. The summed E-state index contributed by atoms with van der Waals surface area (Å²) in [5.74, 6) is 1.10. The van der Waals surface area contributed by atoms with Crippen LogP contribution in [0.15, 0.2) is 18.2 Å². The lowest BCUT2D eigenvalue weighted by atomic mass is 10.2. The van der Waals surface area contributed by atoms with Gasteiger partial charge < -0.3 is 9.64 Å². The van der Waals surface area contributed by atoms with Gasteiger partial charge in [-0.25, -0.2) is 0 Å². The number of hydrogen-bond acceptors (Lipinski definition) is 3. The van der Waals surface area contributed by atoms with Gasteiger partial charge in [0.05, 0.1) is 5.25 Å². The molecule has 1 heterocycles. The average Bonchev–Trinajstić information content (AvgIpc) is 2.46. The number of ether oxygens (including phenoxy) is 1. The van der Waals surface area contributed by atoms with Gasteiger partial charge in [0, 0.05) is 34.2 Å². The molecule has 21 heavy (non-hydrogen) atoms. The number of rotatable bonds is 3. The molecular weight excluding hydrogens is 310 g/mol. The number of carbonyl (C=O) groups is 1. The smallest absolute Gasteiger partial charge is 0.260 e. The predicted molar refractivity (Wildman–Crippen MR) is 85.3 cm³/mol. The van der Waals surface area contributed by atoms with Crippen molar-refractivity contribution in [2.75, 3.05) is 18.9 Å². The van der Waals surface area contributed by atoms with Crippen LogP contribution in [0.2, 0.25) is 5.02 Å². The Balaban J connectivity index is 1.95. The van der Waals surface area contributed by atoms with Gasteiger partial charge in [0.15, 0.2) is 6.61 Å². The second-order valence-electron chi connectivity index (χ2n) is 5.32. The third-order valence-electron chi connectivity index (χ3n) is 3.93. The van der Waals surface area contributed by atoms with Crippen LogP contribution in [0.3, 0.4) is 0 Å². The molecule has 1 aliphatic heterocycles. The van der Waals surface area contributed by atoms with Gasteiger partial charge in [-0.15, -0.1) is 0 Å². The molecule has 1 aromatic rings. The topological polar surface area (TPSA) is 46.6 Å². The molecule has 1 amide bonds. The first-order valence-corrected chi connectivity index (χ1v) is 8.71. The molecular formula is C15H20ClNO3S. The molecule has 6 heteroatoms. The molecule has 3 atom stereocenters. The van der Waals surface area contributed by atoms with E-state index in [0.29, 0.717) is 23.1 Å². The Bertz CT molecular complexity index is 564. The first kappa shape index (κ1) is 16.3. The van der Waals surface area contributed by atoms with Crippen LogP contribution >= 0.6 is 11.6 Å². The quantitative estimate of drug-likeness (QED) is 0.855. The van der Waals surface area contributed by atoms with Gasteiger partial charge in [0.1, 0.15) is 5.75 Å². The summed E-state index contributed by atoms with van der Waals surface area (Å²) >= 11 is 5.95.